The lowest BCUT2D eigenvalue weighted by molar-refractivity contribution is 0.219. The van der Waals surface area contributed by atoms with E-state index in [0.717, 1.165) is 5.69 Å². The molecule has 0 aliphatic rings. The summed E-state index contributed by atoms with van der Waals surface area (Å²) in [5.41, 5.74) is 0.752. The second-order valence-electron chi connectivity index (χ2n) is 6.34. The molecule has 0 bridgehead atoms. The third-order valence-electron chi connectivity index (χ3n) is 4.18. The van der Waals surface area contributed by atoms with Crippen molar-refractivity contribution in [3.63, 3.8) is 0 Å². The standard InChI is InChI=1S/C22H31N3O5.HI/c1-7-23-22(24-14-15(2)30-18-11-9-8-10-17(18)26-3)25-16-12-19(27-4)21(29-6)20(13-16)28-5;/h8-13,15H,7,14H2,1-6H3,(H2,23,24,25);1H. The van der Waals surface area contributed by atoms with E-state index in [4.69, 9.17) is 23.7 Å². The van der Waals surface area contributed by atoms with Crippen molar-refractivity contribution in [1.29, 1.82) is 0 Å². The summed E-state index contributed by atoms with van der Waals surface area (Å²) in [5, 5.41) is 6.49. The van der Waals surface area contributed by atoms with Crippen molar-refractivity contribution in [3.8, 4) is 28.7 Å². The van der Waals surface area contributed by atoms with Crippen LogP contribution in [-0.2, 0) is 0 Å². The summed E-state index contributed by atoms with van der Waals surface area (Å²) < 4.78 is 27.5. The summed E-state index contributed by atoms with van der Waals surface area (Å²) in [7, 11) is 6.35. The average molecular weight is 545 g/mol. The van der Waals surface area contributed by atoms with Crippen molar-refractivity contribution in [1.82, 2.24) is 5.32 Å². The molecule has 0 aliphatic heterocycles. The van der Waals surface area contributed by atoms with Gasteiger partial charge in [-0.05, 0) is 26.0 Å². The van der Waals surface area contributed by atoms with Crippen molar-refractivity contribution >= 4 is 35.6 Å². The van der Waals surface area contributed by atoms with E-state index in [9.17, 15) is 0 Å². The maximum atomic E-state index is 5.97. The van der Waals surface area contributed by atoms with Crippen LogP contribution in [0.25, 0.3) is 0 Å². The first-order valence-electron chi connectivity index (χ1n) is 9.71. The van der Waals surface area contributed by atoms with Crippen LogP contribution in [0, 0.1) is 0 Å². The first-order valence-corrected chi connectivity index (χ1v) is 9.71. The zero-order valence-corrected chi connectivity index (χ0v) is 21.2. The molecule has 172 valence electrons. The Bertz CT molecular complexity index is 823. The van der Waals surface area contributed by atoms with Crippen LogP contribution in [0.5, 0.6) is 28.7 Å². The smallest absolute Gasteiger partial charge is 0.203 e. The topological polar surface area (TPSA) is 82.6 Å². The summed E-state index contributed by atoms with van der Waals surface area (Å²) in [5.74, 6) is 3.64. The van der Waals surface area contributed by atoms with Crippen LogP contribution in [0.2, 0.25) is 0 Å². The Balaban J connectivity index is 0.00000480. The number of guanidine groups is 1. The van der Waals surface area contributed by atoms with Crippen LogP contribution in [0.3, 0.4) is 0 Å². The number of rotatable bonds is 10. The molecule has 31 heavy (non-hydrogen) atoms. The van der Waals surface area contributed by atoms with E-state index >= 15 is 0 Å². The first-order chi connectivity index (χ1) is 14.6. The van der Waals surface area contributed by atoms with Gasteiger partial charge < -0.3 is 34.3 Å². The number of benzene rings is 2. The van der Waals surface area contributed by atoms with E-state index in [1.165, 1.54) is 0 Å². The highest BCUT2D eigenvalue weighted by atomic mass is 127. The van der Waals surface area contributed by atoms with Gasteiger partial charge in [-0.3, -0.25) is 0 Å². The van der Waals surface area contributed by atoms with Gasteiger partial charge >= 0.3 is 0 Å². The second kappa shape index (κ2) is 13.7. The Kier molecular flexibility index (Phi) is 11.7. The number of anilines is 1. The molecule has 1 atom stereocenters. The lowest BCUT2D eigenvalue weighted by Gasteiger charge is -2.18. The van der Waals surface area contributed by atoms with Crippen molar-refractivity contribution in [2.24, 2.45) is 4.99 Å². The maximum absolute atomic E-state index is 5.97. The quantitative estimate of drug-likeness (QED) is 0.263. The molecule has 2 N–H and O–H groups in total. The Hall–Kier alpha value is -2.56. The molecule has 2 rings (SSSR count). The zero-order valence-electron chi connectivity index (χ0n) is 18.9. The molecule has 0 saturated carbocycles. The number of ether oxygens (including phenoxy) is 5. The molecule has 2 aromatic rings. The van der Waals surface area contributed by atoms with Gasteiger partial charge in [-0.2, -0.15) is 0 Å². The second-order valence-corrected chi connectivity index (χ2v) is 6.34. The highest BCUT2D eigenvalue weighted by Gasteiger charge is 2.14. The van der Waals surface area contributed by atoms with E-state index in [2.05, 4.69) is 15.6 Å². The van der Waals surface area contributed by atoms with Gasteiger partial charge in [-0.1, -0.05) is 12.1 Å². The lowest BCUT2D eigenvalue weighted by atomic mass is 10.2. The number of para-hydroxylation sites is 2. The van der Waals surface area contributed by atoms with Gasteiger partial charge in [0.1, 0.15) is 6.10 Å². The predicted octanol–water partition coefficient (Wildman–Crippen LogP) is 4.18. The number of methoxy groups -OCH3 is 4. The molecule has 8 nitrogen and oxygen atoms in total. The monoisotopic (exact) mass is 545 g/mol. The fourth-order valence-electron chi connectivity index (χ4n) is 2.79. The molecule has 0 radical (unpaired) electrons. The molecule has 0 amide bonds. The largest absolute Gasteiger partial charge is 0.493 e. The predicted molar refractivity (Wildman–Crippen MR) is 134 cm³/mol. The van der Waals surface area contributed by atoms with Crippen LogP contribution in [0.15, 0.2) is 41.4 Å². The number of halogens is 1. The fourth-order valence-corrected chi connectivity index (χ4v) is 2.79. The molecule has 0 spiro atoms. The summed E-state index contributed by atoms with van der Waals surface area (Å²) >= 11 is 0. The van der Waals surface area contributed by atoms with Gasteiger partial charge in [0.25, 0.3) is 0 Å². The molecule has 0 aliphatic carbocycles. The Labute approximate surface area is 201 Å². The zero-order chi connectivity index (χ0) is 21.9. The molecule has 0 saturated heterocycles. The van der Waals surface area contributed by atoms with E-state index < -0.39 is 0 Å². The minimum Gasteiger partial charge on any atom is -0.493 e. The van der Waals surface area contributed by atoms with Crippen LogP contribution < -0.4 is 34.3 Å². The van der Waals surface area contributed by atoms with Gasteiger partial charge in [0.15, 0.2) is 29.0 Å². The SMILES string of the molecule is CCNC(=NCC(C)Oc1ccccc1OC)Nc1cc(OC)c(OC)c(OC)c1.I. The van der Waals surface area contributed by atoms with Gasteiger partial charge in [-0.25, -0.2) is 4.99 Å². The van der Waals surface area contributed by atoms with Crippen molar-refractivity contribution in [2.45, 2.75) is 20.0 Å². The average Bonchev–Trinajstić information content (AvgIpc) is 2.77. The summed E-state index contributed by atoms with van der Waals surface area (Å²) in [6.45, 7) is 5.11. The number of nitrogens with one attached hydrogen (secondary N) is 2. The Morgan fingerprint density at radius 3 is 2.00 bits per heavy atom. The van der Waals surface area contributed by atoms with Crippen molar-refractivity contribution < 1.29 is 23.7 Å². The van der Waals surface area contributed by atoms with Crippen LogP contribution in [-0.4, -0.2) is 53.6 Å². The van der Waals surface area contributed by atoms with Crippen LogP contribution >= 0.6 is 24.0 Å². The van der Waals surface area contributed by atoms with E-state index in [-0.39, 0.29) is 30.1 Å². The number of nitrogens with zero attached hydrogens (tertiary/aromatic N) is 1. The van der Waals surface area contributed by atoms with Gasteiger partial charge in [-0.15, -0.1) is 24.0 Å². The maximum Gasteiger partial charge on any atom is 0.203 e. The van der Waals surface area contributed by atoms with Gasteiger partial charge in [0.05, 0.1) is 35.0 Å². The lowest BCUT2D eigenvalue weighted by Crippen LogP contribution is -2.32. The molecule has 0 heterocycles. The van der Waals surface area contributed by atoms with E-state index in [1.807, 2.05) is 50.2 Å². The number of hydrogen-bond acceptors (Lipinski definition) is 6. The number of aliphatic imine (C=N–C) groups is 1. The highest BCUT2D eigenvalue weighted by Crippen LogP contribution is 2.39. The van der Waals surface area contributed by atoms with Crippen molar-refractivity contribution in [2.75, 3.05) is 46.8 Å². The van der Waals surface area contributed by atoms with Gasteiger partial charge in [0, 0.05) is 24.4 Å². The Morgan fingerprint density at radius 1 is 0.903 bits per heavy atom. The van der Waals surface area contributed by atoms with E-state index in [1.54, 1.807) is 28.4 Å². The van der Waals surface area contributed by atoms with Gasteiger partial charge in [0.2, 0.25) is 5.75 Å². The fraction of sp³-hybridized carbons (Fsp3) is 0.409. The van der Waals surface area contributed by atoms with E-state index in [0.29, 0.717) is 47.8 Å². The van der Waals surface area contributed by atoms with Crippen LogP contribution in [0.1, 0.15) is 13.8 Å². The molecule has 9 heteroatoms. The summed E-state index contributed by atoms with van der Waals surface area (Å²) in [4.78, 5) is 4.63. The summed E-state index contributed by atoms with van der Waals surface area (Å²) in [6, 6.07) is 11.2. The highest BCUT2D eigenvalue weighted by molar-refractivity contribution is 14.0. The third kappa shape index (κ3) is 7.57. The molecule has 1 unspecified atom stereocenters. The number of hydrogen-bond donors (Lipinski definition) is 2. The summed E-state index contributed by atoms with van der Waals surface area (Å²) in [6.07, 6.45) is -0.156. The van der Waals surface area contributed by atoms with Crippen molar-refractivity contribution in [3.05, 3.63) is 36.4 Å². The first kappa shape index (κ1) is 26.5. The Morgan fingerprint density at radius 2 is 1.48 bits per heavy atom. The molecule has 0 aromatic heterocycles. The molecular formula is C22H32IN3O5. The minimum atomic E-state index is -0.156. The van der Waals surface area contributed by atoms with Crippen LogP contribution in [0.4, 0.5) is 5.69 Å². The molecule has 2 aromatic carbocycles. The minimum absolute atomic E-state index is 0. The molecular weight excluding hydrogens is 513 g/mol. The molecule has 0 fully saturated rings. The normalized spacial score (nSPS) is 11.6. The third-order valence-corrected chi connectivity index (χ3v) is 4.18.